The zero-order valence-corrected chi connectivity index (χ0v) is 15.3. The Morgan fingerprint density at radius 1 is 1.07 bits per heavy atom. The summed E-state index contributed by atoms with van der Waals surface area (Å²) in [5, 5.41) is 3.32. The molecule has 2 fully saturated rings. The summed E-state index contributed by atoms with van der Waals surface area (Å²) in [6.07, 6.45) is 2.72. The quantitative estimate of drug-likeness (QED) is 0.856. The van der Waals surface area contributed by atoms with Gasteiger partial charge in [-0.05, 0) is 31.0 Å². The molecule has 0 atom stereocenters. The Hall–Kier alpha value is -2.25. The molecule has 2 aliphatic heterocycles. The van der Waals surface area contributed by atoms with E-state index in [4.69, 9.17) is 0 Å². The number of carbonyl (C=O) groups is 1. The van der Waals surface area contributed by atoms with E-state index < -0.39 is 5.82 Å². The molecule has 2 N–H and O–H groups in total. The molecule has 0 unspecified atom stereocenters. The Kier molecular flexibility index (Phi) is 5.22. The van der Waals surface area contributed by atoms with Gasteiger partial charge in [0.1, 0.15) is 5.82 Å². The SMILES string of the molecule is O=C1CCN(C2CCN(Cc3cc(=O)c4cc(F)ccc4[nH]3)CC2)CCN1. The highest BCUT2D eigenvalue weighted by Crippen LogP contribution is 2.19. The summed E-state index contributed by atoms with van der Waals surface area (Å²) in [5.74, 6) is -0.247. The highest BCUT2D eigenvalue weighted by Gasteiger charge is 2.26. The topological polar surface area (TPSA) is 68.4 Å². The van der Waals surface area contributed by atoms with Crippen LogP contribution in [0.15, 0.2) is 29.1 Å². The number of likely N-dealkylation sites (tertiary alicyclic amines) is 1. The Labute approximate surface area is 157 Å². The smallest absolute Gasteiger partial charge is 0.221 e. The number of nitrogens with zero attached hydrogens (tertiary/aromatic N) is 2. The molecule has 0 aliphatic carbocycles. The Bertz CT molecular complexity index is 889. The minimum atomic E-state index is -0.395. The van der Waals surface area contributed by atoms with E-state index in [1.54, 1.807) is 12.1 Å². The number of fused-ring (bicyclic) bond motifs is 1. The number of rotatable bonds is 3. The Balaban J connectivity index is 1.38. The van der Waals surface area contributed by atoms with Crippen LogP contribution in [0.1, 0.15) is 25.0 Å². The summed E-state index contributed by atoms with van der Waals surface area (Å²) in [6.45, 7) is 5.11. The first-order chi connectivity index (χ1) is 13.1. The molecule has 0 radical (unpaired) electrons. The summed E-state index contributed by atoms with van der Waals surface area (Å²) in [7, 11) is 0. The molecule has 1 aromatic carbocycles. The number of H-pyrrole nitrogens is 1. The predicted octanol–water partition coefficient (Wildman–Crippen LogP) is 1.45. The lowest BCUT2D eigenvalue weighted by atomic mass is 10.0. The van der Waals surface area contributed by atoms with Crippen molar-refractivity contribution in [3.63, 3.8) is 0 Å². The molecule has 4 rings (SSSR count). The van der Waals surface area contributed by atoms with Gasteiger partial charge in [0.05, 0.1) is 0 Å². The average Bonchev–Trinajstić information content (AvgIpc) is 2.88. The van der Waals surface area contributed by atoms with Crippen molar-refractivity contribution >= 4 is 16.8 Å². The maximum absolute atomic E-state index is 13.3. The first-order valence-electron chi connectivity index (χ1n) is 9.63. The third kappa shape index (κ3) is 4.20. The standard InChI is InChI=1S/C20H25FN4O2/c21-14-1-2-18-17(11-14)19(26)12-15(23-18)13-24-7-3-16(4-8-24)25-9-5-20(27)22-6-10-25/h1-2,11-12,16H,3-10,13H2,(H,22,27)(H,23,26). The molecule has 2 saturated heterocycles. The van der Waals surface area contributed by atoms with Gasteiger partial charge in [-0.15, -0.1) is 0 Å². The van der Waals surface area contributed by atoms with Gasteiger partial charge in [-0.25, -0.2) is 4.39 Å². The molecule has 3 heterocycles. The molecule has 0 bridgehead atoms. The predicted molar refractivity (Wildman–Crippen MR) is 102 cm³/mol. The van der Waals surface area contributed by atoms with Crippen LogP contribution in [0, 0.1) is 5.82 Å². The van der Waals surface area contributed by atoms with Crippen LogP contribution in [0.3, 0.4) is 0 Å². The van der Waals surface area contributed by atoms with E-state index in [2.05, 4.69) is 20.1 Å². The molecule has 0 spiro atoms. The molecule has 6 nitrogen and oxygen atoms in total. The Morgan fingerprint density at radius 2 is 1.89 bits per heavy atom. The van der Waals surface area contributed by atoms with Crippen molar-refractivity contribution in [2.75, 3.05) is 32.7 Å². The fourth-order valence-corrected chi connectivity index (χ4v) is 4.19. The van der Waals surface area contributed by atoms with Crippen LogP contribution >= 0.6 is 0 Å². The number of carbonyl (C=O) groups excluding carboxylic acids is 1. The van der Waals surface area contributed by atoms with Gasteiger partial charge in [0, 0.05) is 74.4 Å². The fourth-order valence-electron chi connectivity index (χ4n) is 4.19. The van der Waals surface area contributed by atoms with Crippen molar-refractivity contribution < 1.29 is 9.18 Å². The maximum atomic E-state index is 13.3. The van der Waals surface area contributed by atoms with Gasteiger partial charge in [-0.1, -0.05) is 0 Å². The minimum Gasteiger partial charge on any atom is -0.357 e. The van der Waals surface area contributed by atoms with Crippen LogP contribution in [0.2, 0.25) is 0 Å². The van der Waals surface area contributed by atoms with Crippen LogP contribution in [-0.2, 0) is 11.3 Å². The van der Waals surface area contributed by atoms with Crippen LogP contribution in [0.5, 0.6) is 0 Å². The number of piperidine rings is 1. The van der Waals surface area contributed by atoms with Crippen molar-refractivity contribution in [3.8, 4) is 0 Å². The average molecular weight is 372 g/mol. The molecule has 1 aromatic heterocycles. The van der Waals surface area contributed by atoms with Crippen molar-refractivity contribution in [2.24, 2.45) is 0 Å². The van der Waals surface area contributed by atoms with E-state index in [9.17, 15) is 14.0 Å². The lowest BCUT2D eigenvalue weighted by Crippen LogP contribution is -2.45. The summed E-state index contributed by atoms with van der Waals surface area (Å²) in [5.41, 5.74) is 1.40. The fraction of sp³-hybridized carbons (Fsp3) is 0.500. The molecular formula is C20H25FN4O2. The van der Waals surface area contributed by atoms with Gasteiger partial charge >= 0.3 is 0 Å². The first-order valence-corrected chi connectivity index (χ1v) is 9.63. The second kappa shape index (κ2) is 7.78. The second-order valence-electron chi connectivity index (χ2n) is 7.49. The van der Waals surface area contributed by atoms with Gasteiger partial charge in [0.2, 0.25) is 5.91 Å². The molecule has 2 aliphatic rings. The normalized spacial score (nSPS) is 20.6. The monoisotopic (exact) mass is 372 g/mol. The number of hydrogen-bond donors (Lipinski definition) is 2. The maximum Gasteiger partial charge on any atom is 0.221 e. The molecule has 27 heavy (non-hydrogen) atoms. The molecule has 144 valence electrons. The zero-order valence-electron chi connectivity index (χ0n) is 15.3. The van der Waals surface area contributed by atoms with Crippen LogP contribution in [0.25, 0.3) is 10.9 Å². The van der Waals surface area contributed by atoms with Crippen molar-refractivity contribution in [1.82, 2.24) is 20.1 Å². The van der Waals surface area contributed by atoms with Crippen LogP contribution < -0.4 is 10.7 Å². The number of halogens is 1. The molecule has 7 heteroatoms. The lowest BCUT2D eigenvalue weighted by molar-refractivity contribution is -0.120. The second-order valence-corrected chi connectivity index (χ2v) is 7.49. The van der Waals surface area contributed by atoms with Crippen molar-refractivity contribution in [3.05, 3.63) is 46.0 Å². The number of nitrogens with one attached hydrogen (secondary N) is 2. The number of pyridine rings is 1. The van der Waals surface area contributed by atoms with Crippen LogP contribution in [-0.4, -0.2) is 59.5 Å². The van der Waals surface area contributed by atoms with Crippen molar-refractivity contribution in [2.45, 2.75) is 31.8 Å². The zero-order chi connectivity index (χ0) is 18.8. The molecule has 2 aromatic rings. The summed E-state index contributed by atoms with van der Waals surface area (Å²) in [4.78, 5) is 31.8. The van der Waals surface area contributed by atoms with Gasteiger partial charge in [0.15, 0.2) is 5.43 Å². The number of aromatic amines is 1. The largest absolute Gasteiger partial charge is 0.357 e. The number of aromatic nitrogens is 1. The van der Waals surface area contributed by atoms with E-state index in [0.29, 0.717) is 29.9 Å². The highest BCUT2D eigenvalue weighted by atomic mass is 19.1. The minimum absolute atomic E-state index is 0.144. The van der Waals surface area contributed by atoms with Crippen LogP contribution in [0.4, 0.5) is 4.39 Å². The van der Waals surface area contributed by atoms with Gasteiger partial charge in [0.25, 0.3) is 0 Å². The summed E-state index contributed by atoms with van der Waals surface area (Å²) >= 11 is 0. The molecule has 1 amide bonds. The van der Waals surface area contributed by atoms with Gasteiger partial charge < -0.3 is 10.3 Å². The van der Waals surface area contributed by atoms with Gasteiger partial charge in [-0.2, -0.15) is 0 Å². The van der Waals surface area contributed by atoms with E-state index >= 15 is 0 Å². The number of amides is 1. The van der Waals surface area contributed by atoms with E-state index in [0.717, 1.165) is 51.3 Å². The Morgan fingerprint density at radius 3 is 2.70 bits per heavy atom. The molecular weight excluding hydrogens is 347 g/mol. The lowest BCUT2D eigenvalue weighted by Gasteiger charge is -2.37. The summed E-state index contributed by atoms with van der Waals surface area (Å²) < 4.78 is 13.3. The van der Waals surface area contributed by atoms with E-state index in [1.165, 1.54) is 12.1 Å². The first kappa shape index (κ1) is 18.1. The summed E-state index contributed by atoms with van der Waals surface area (Å²) in [6, 6.07) is 6.38. The molecule has 0 saturated carbocycles. The number of benzene rings is 1. The third-order valence-corrected chi connectivity index (χ3v) is 5.66. The third-order valence-electron chi connectivity index (χ3n) is 5.66. The van der Waals surface area contributed by atoms with E-state index in [1.807, 2.05) is 0 Å². The van der Waals surface area contributed by atoms with Gasteiger partial charge in [-0.3, -0.25) is 19.4 Å². The number of hydrogen-bond acceptors (Lipinski definition) is 4. The van der Waals surface area contributed by atoms with E-state index in [-0.39, 0.29) is 11.3 Å². The van der Waals surface area contributed by atoms with Crippen molar-refractivity contribution in [1.29, 1.82) is 0 Å². The highest BCUT2D eigenvalue weighted by molar-refractivity contribution is 5.78.